The van der Waals surface area contributed by atoms with Crippen molar-refractivity contribution in [3.05, 3.63) is 41.2 Å². The van der Waals surface area contributed by atoms with Gasteiger partial charge in [0, 0.05) is 6.42 Å². The molecular weight excluding hydrogens is 184 g/mol. The first kappa shape index (κ1) is 10.3. The van der Waals surface area contributed by atoms with E-state index < -0.39 is 0 Å². The second kappa shape index (κ2) is 4.09. The lowest BCUT2D eigenvalue weighted by Crippen LogP contribution is -2.08. The first-order chi connectivity index (χ1) is 7.20. The Balaban J connectivity index is 2.38. The van der Waals surface area contributed by atoms with Gasteiger partial charge in [0.25, 0.3) is 0 Å². The summed E-state index contributed by atoms with van der Waals surface area (Å²) in [4.78, 5) is 0. The smallest absolute Gasteiger partial charge is 0.133 e. The lowest BCUT2D eigenvalue weighted by atomic mass is 9.97. The lowest BCUT2D eigenvalue weighted by Gasteiger charge is -2.21. The van der Waals surface area contributed by atoms with Crippen molar-refractivity contribution in [3.8, 4) is 5.75 Å². The summed E-state index contributed by atoms with van der Waals surface area (Å²) in [5, 5.41) is 0. The molecule has 1 aromatic rings. The third kappa shape index (κ3) is 2.06. The minimum absolute atomic E-state index is 0.897. The molecule has 0 unspecified atom stereocenters. The highest BCUT2D eigenvalue weighted by Gasteiger charge is 2.16. The Bertz CT molecular complexity index is 391. The van der Waals surface area contributed by atoms with Crippen molar-refractivity contribution in [2.75, 3.05) is 0 Å². The van der Waals surface area contributed by atoms with Gasteiger partial charge in [0.05, 0.1) is 5.76 Å². The Morgan fingerprint density at radius 3 is 2.87 bits per heavy atom. The number of ether oxygens (including phenoxy) is 1. The van der Waals surface area contributed by atoms with E-state index in [0.29, 0.717) is 0 Å². The van der Waals surface area contributed by atoms with Crippen LogP contribution in [0.4, 0.5) is 0 Å². The van der Waals surface area contributed by atoms with Crippen molar-refractivity contribution in [3.63, 3.8) is 0 Å². The Hall–Kier alpha value is -1.24. The summed E-state index contributed by atoms with van der Waals surface area (Å²) in [7, 11) is 0. The molecule has 1 aliphatic rings. The highest BCUT2D eigenvalue weighted by molar-refractivity contribution is 5.46. The van der Waals surface area contributed by atoms with Gasteiger partial charge in [-0.3, -0.25) is 0 Å². The van der Waals surface area contributed by atoms with Gasteiger partial charge in [0.1, 0.15) is 5.75 Å². The van der Waals surface area contributed by atoms with Gasteiger partial charge in [0.2, 0.25) is 0 Å². The van der Waals surface area contributed by atoms with Gasteiger partial charge in [-0.1, -0.05) is 32.1 Å². The maximum atomic E-state index is 5.70. The summed E-state index contributed by atoms with van der Waals surface area (Å²) >= 11 is 0. The van der Waals surface area contributed by atoms with Crippen LogP contribution in [0.1, 0.15) is 36.5 Å². The first-order valence-corrected chi connectivity index (χ1v) is 5.68. The van der Waals surface area contributed by atoms with Crippen LogP contribution in [0.15, 0.2) is 24.5 Å². The van der Waals surface area contributed by atoms with Gasteiger partial charge in [-0.05, 0) is 36.5 Å². The van der Waals surface area contributed by atoms with Crippen molar-refractivity contribution >= 4 is 0 Å². The Labute approximate surface area is 91.8 Å². The molecule has 0 fully saturated rings. The predicted molar refractivity (Wildman–Crippen MR) is 63.3 cm³/mol. The highest BCUT2D eigenvalue weighted by Crippen LogP contribution is 2.33. The zero-order valence-corrected chi connectivity index (χ0v) is 9.60. The number of aryl methyl sites for hydroxylation is 3. The number of rotatable bonds is 2. The molecule has 1 aliphatic heterocycles. The second-order valence-electron chi connectivity index (χ2n) is 4.29. The SMILES string of the molecule is C=C1CCc2cc(CCC)cc(C)c2O1. The van der Waals surface area contributed by atoms with Crippen LogP contribution in [0.2, 0.25) is 0 Å². The van der Waals surface area contributed by atoms with E-state index in [2.05, 4.69) is 32.6 Å². The fourth-order valence-corrected chi connectivity index (χ4v) is 2.16. The Morgan fingerprint density at radius 2 is 2.13 bits per heavy atom. The van der Waals surface area contributed by atoms with Crippen LogP contribution in [0.5, 0.6) is 5.75 Å². The van der Waals surface area contributed by atoms with Crippen LogP contribution in [-0.4, -0.2) is 0 Å². The van der Waals surface area contributed by atoms with Crippen LogP contribution in [-0.2, 0) is 12.8 Å². The van der Waals surface area contributed by atoms with Gasteiger partial charge in [-0.2, -0.15) is 0 Å². The molecule has 2 rings (SSSR count). The van der Waals surface area contributed by atoms with Gasteiger partial charge in [-0.15, -0.1) is 0 Å². The van der Waals surface area contributed by atoms with Crippen LogP contribution in [0, 0.1) is 6.92 Å². The summed E-state index contributed by atoms with van der Waals surface area (Å²) in [6, 6.07) is 4.53. The maximum absolute atomic E-state index is 5.70. The van der Waals surface area contributed by atoms with Crippen molar-refractivity contribution in [1.82, 2.24) is 0 Å². The molecule has 0 amide bonds. The van der Waals surface area contributed by atoms with E-state index >= 15 is 0 Å². The average molecular weight is 202 g/mol. The van der Waals surface area contributed by atoms with Crippen LogP contribution < -0.4 is 4.74 Å². The minimum Gasteiger partial charge on any atom is -0.462 e. The van der Waals surface area contributed by atoms with Gasteiger partial charge in [0.15, 0.2) is 0 Å². The van der Waals surface area contributed by atoms with E-state index in [1.807, 2.05) is 0 Å². The predicted octanol–water partition coefficient (Wildman–Crippen LogP) is 3.79. The maximum Gasteiger partial charge on any atom is 0.133 e. The molecule has 80 valence electrons. The molecule has 0 aromatic heterocycles. The van der Waals surface area contributed by atoms with E-state index in [-0.39, 0.29) is 0 Å². The summed E-state index contributed by atoms with van der Waals surface area (Å²) < 4.78 is 5.70. The molecule has 1 heterocycles. The number of allylic oxidation sites excluding steroid dienone is 1. The topological polar surface area (TPSA) is 9.23 Å². The normalized spacial score (nSPS) is 14.7. The zero-order valence-electron chi connectivity index (χ0n) is 9.60. The van der Waals surface area contributed by atoms with Crippen molar-refractivity contribution in [2.24, 2.45) is 0 Å². The molecule has 0 radical (unpaired) electrons. The lowest BCUT2D eigenvalue weighted by molar-refractivity contribution is 0.378. The molecule has 0 aliphatic carbocycles. The van der Waals surface area contributed by atoms with E-state index in [1.54, 1.807) is 0 Å². The fourth-order valence-electron chi connectivity index (χ4n) is 2.16. The number of hydrogen-bond donors (Lipinski definition) is 0. The third-order valence-electron chi connectivity index (χ3n) is 2.87. The highest BCUT2D eigenvalue weighted by atomic mass is 16.5. The second-order valence-corrected chi connectivity index (χ2v) is 4.29. The van der Waals surface area contributed by atoms with E-state index in [9.17, 15) is 0 Å². The largest absolute Gasteiger partial charge is 0.462 e. The third-order valence-corrected chi connectivity index (χ3v) is 2.87. The van der Waals surface area contributed by atoms with Crippen LogP contribution in [0.25, 0.3) is 0 Å². The minimum atomic E-state index is 0.897. The first-order valence-electron chi connectivity index (χ1n) is 5.68. The zero-order chi connectivity index (χ0) is 10.8. The summed E-state index contributed by atoms with van der Waals surface area (Å²) in [5.41, 5.74) is 4.03. The van der Waals surface area contributed by atoms with E-state index in [4.69, 9.17) is 4.74 Å². The molecule has 0 N–H and O–H groups in total. The molecular formula is C14H18O. The average Bonchev–Trinajstić information content (AvgIpc) is 2.20. The molecule has 0 saturated heterocycles. The molecule has 0 spiro atoms. The summed E-state index contributed by atoms with van der Waals surface area (Å²) in [6.45, 7) is 8.23. The molecule has 1 nitrogen and oxygen atoms in total. The number of hydrogen-bond acceptors (Lipinski definition) is 1. The van der Waals surface area contributed by atoms with E-state index in [1.165, 1.54) is 23.1 Å². The van der Waals surface area contributed by atoms with Gasteiger partial charge >= 0.3 is 0 Å². The van der Waals surface area contributed by atoms with Crippen LogP contribution >= 0.6 is 0 Å². The van der Waals surface area contributed by atoms with Gasteiger partial charge in [-0.25, -0.2) is 0 Å². The summed E-state index contributed by atoms with van der Waals surface area (Å²) in [6.07, 6.45) is 4.40. The molecule has 0 bridgehead atoms. The van der Waals surface area contributed by atoms with Crippen LogP contribution in [0.3, 0.4) is 0 Å². The number of benzene rings is 1. The molecule has 0 atom stereocenters. The fraction of sp³-hybridized carbons (Fsp3) is 0.429. The van der Waals surface area contributed by atoms with Gasteiger partial charge < -0.3 is 4.74 Å². The van der Waals surface area contributed by atoms with Crippen molar-refractivity contribution in [1.29, 1.82) is 0 Å². The molecule has 1 heteroatoms. The number of fused-ring (bicyclic) bond motifs is 1. The summed E-state index contributed by atoms with van der Waals surface area (Å²) in [5.74, 6) is 1.94. The molecule has 1 aromatic carbocycles. The molecule has 0 saturated carbocycles. The Kier molecular flexibility index (Phi) is 2.81. The van der Waals surface area contributed by atoms with Crippen molar-refractivity contribution in [2.45, 2.75) is 39.5 Å². The monoisotopic (exact) mass is 202 g/mol. The van der Waals surface area contributed by atoms with E-state index in [0.717, 1.165) is 30.8 Å². The Morgan fingerprint density at radius 1 is 1.33 bits per heavy atom. The quantitative estimate of drug-likeness (QED) is 0.709. The van der Waals surface area contributed by atoms with Crippen molar-refractivity contribution < 1.29 is 4.74 Å². The standard InChI is InChI=1S/C14H18O/c1-4-5-12-8-10(2)14-13(9-12)7-6-11(3)15-14/h8-9H,3-7H2,1-2H3. The molecule has 15 heavy (non-hydrogen) atoms.